The van der Waals surface area contributed by atoms with Crippen molar-refractivity contribution in [2.24, 2.45) is 0 Å². The molecule has 1 atom stereocenters. The molecule has 0 fully saturated rings. The van der Waals surface area contributed by atoms with Crippen LogP contribution in [-0.4, -0.2) is 11.1 Å². The zero-order valence-corrected chi connectivity index (χ0v) is 17.1. The van der Waals surface area contributed by atoms with Crippen LogP contribution in [0.1, 0.15) is 48.9 Å². The average Bonchev–Trinajstić information content (AvgIpc) is 2.73. The van der Waals surface area contributed by atoms with Gasteiger partial charge in [0.25, 0.3) is 5.91 Å². The van der Waals surface area contributed by atoms with Gasteiger partial charge in [-0.1, -0.05) is 87.5 Å². The molecular weight excluding hydrogens is 360 g/mol. The molecule has 4 nitrogen and oxygen atoms in total. The predicted octanol–water partition coefficient (Wildman–Crippen LogP) is 5.23. The first-order chi connectivity index (χ1) is 13.9. The van der Waals surface area contributed by atoms with Crippen LogP contribution >= 0.6 is 0 Å². The van der Waals surface area contributed by atoms with Crippen molar-refractivity contribution in [1.29, 1.82) is 0 Å². The van der Waals surface area contributed by atoms with Crippen LogP contribution < -0.4 is 10.8 Å². The van der Waals surface area contributed by atoms with Gasteiger partial charge in [-0.2, -0.15) is 0 Å². The molecule has 0 saturated carbocycles. The molecule has 0 heterocycles. The van der Waals surface area contributed by atoms with Crippen molar-refractivity contribution in [3.05, 3.63) is 101 Å². The molecule has 0 radical (unpaired) electrons. The van der Waals surface area contributed by atoms with Gasteiger partial charge in [0, 0.05) is 12.2 Å². The van der Waals surface area contributed by atoms with E-state index >= 15 is 0 Å². The third-order valence-corrected chi connectivity index (χ3v) is 5.07. The Morgan fingerprint density at radius 2 is 1.45 bits per heavy atom. The average molecular weight is 389 g/mol. The molecule has 0 aliphatic rings. The summed E-state index contributed by atoms with van der Waals surface area (Å²) in [6.07, 6.45) is 0. The van der Waals surface area contributed by atoms with Gasteiger partial charge in [0.05, 0.1) is 5.92 Å². The van der Waals surface area contributed by atoms with Crippen LogP contribution in [0.4, 0.5) is 5.69 Å². The first-order valence-corrected chi connectivity index (χ1v) is 9.80. The van der Waals surface area contributed by atoms with Crippen LogP contribution in [0.25, 0.3) is 0 Å². The Kier molecular flexibility index (Phi) is 6.35. The van der Waals surface area contributed by atoms with Crippen LogP contribution in [0, 0.1) is 0 Å². The highest BCUT2D eigenvalue weighted by atomic mass is 16.5. The number of amides is 1. The Bertz CT molecular complexity index is 927. The molecule has 150 valence electrons. The smallest absolute Gasteiger partial charge is 0.255 e. The zero-order valence-electron chi connectivity index (χ0n) is 17.1. The Morgan fingerprint density at radius 1 is 0.862 bits per heavy atom. The maximum Gasteiger partial charge on any atom is 0.255 e. The lowest BCUT2D eigenvalue weighted by Crippen LogP contribution is -2.27. The standard InChI is InChI=1S/C25H28N2O2/c1-25(2,3)21-13-9-18(10-14-21)17-26-22-15-11-20(12-16-22)23(24(28)27-29)19-7-5-4-6-8-19/h4-16,23,26,29H,17H2,1-3H3,(H,27,28). The molecule has 0 aliphatic carbocycles. The van der Waals surface area contributed by atoms with E-state index in [2.05, 4.69) is 50.4 Å². The Morgan fingerprint density at radius 3 is 2.00 bits per heavy atom. The Hall–Kier alpha value is -3.11. The minimum atomic E-state index is -0.555. The van der Waals surface area contributed by atoms with Crippen LogP contribution in [0.15, 0.2) is 78.9 Å². The van der Waals surface area contributed by atoms with Gasteiger partial charge in [0.2, 0.25) is 0 Å². The summed E-state index contributed by atoms with van der Waals surface area (Å²) in [5.41, 5.74) is 7.10. The van der Waals surface area contributed by atoms with Gasteiger partial charge in [-0.15, -0.1) is 0 Å². The summed E-state index contributed by atoms with van der Waals surface area (Å²) in [4.78, 5) is 12.2. The second-order valence-electron chi connectivity index (χ2n) is 8.24. The number of benzene rings is 3. The fourth-order valence-electron chi connectivity index (χ4n) is 3.33. The summed E-state index contributed by atoms with van der Waals surface area (Å²) < 4.78 is 0. The first kappa shape index (κ1) is 20.6. The molecule has 4 heteroatoms. The summed E-state index contributed by atoms with van der Waals surface area (Å²) in [5.74, 6) is -1.00. The molecule has 0 aliphatic heterocycles. The van der Waals surface area contributed by atoms with E-state index in [1.54, 1.807) is 5.48 Å². The quantitative estimate of drug-likeness (QED) is 0.400. The lowest BCUT2D eigenvalue weighted by atomic mass is 9.87. The second-order valence-corrected chi connectivity index (χ2v) is 8.24. The fourth-order valence-corrected chi connectivity index (χ4v) is 3.33. The number of anilines is 1. The second kappa shape index (κ2) is 8.93. The molecule has 3 aromatic carbocycles. The Balaban J connectivity index is 1.70. The lowest BCUT2D eigenvalue weighted by molar-refractivity contribution is -0.129. The molecule has 3 rings (SSSR count). The predicted molar refractivity (Wildman–Crippen MR) is 117 cm³/mol. The number of hydrogen-bond acceptors (Lipinski definition) is 3. The first-order valence-electron chi connectivity index (χ1n) is 9.80. The number of rotatable bonds is 6. The van der Waals surface area contributed by atoms with E-state index in [1.807, 2.05) is 54.6 Å². The van der Waals surface area contributed by atoms with Crippen LogP contribution in [-0.2, 0) is 16.8 Å². The summed E-state index contributed by atoms with van der Waals surface area (Å²) in [7, 11) is 0. The van der Waals surface area contributed by atoms with E-state index in [1.165, 1.54) is 11.1 Å². The maximum atomic E-state index is 12.2. The van der Waals surface area contributed by atoms with E-state index in [0.29, 0.717) is 0 Å². The Labute approximate surface area is 172 Å². The highest BCUT2D eigenvalue weighted by molar-refractivity contribution is 5.86. The number of carbonyl (C=O) groups is 1. The summed E-state index contributed by atoms with van der Waals surface area (Å²) in [6.45, 7) is 7.35. The minimum Gasteiger partial charge on any atom is -0.381 e. The van der Waals surface area contributed by atoms with Gasteiger partial charge in [-0.05, 0) is 39.8 Å². The van der Waals surface area contributed by atoms with E-state index in [9.17, 15) is 4.79 Å². The van der Waals surface area contributed by atoms with Gasteiger partial charge in [-0.25, -0.2) is 5.48 Å². The molecule has 0 spiro atoms. The molecule has 3 N–H and O–H groups in total. The third kappa shape index (κ3) is 5.24. The van der Waals surface area contributed by atoms with Crippen molar-refractivity contribution in [2.45, 2.75) is 38.6 Å². The number of nitrogens with one attached hydrogen (secondary N) is 2. The number of carbonyl (C=O) groups excluding carboxylic acids is 1. The van der Waals surface area contributed by atoms with Crippen molar-refractivity contribution in [2.75, 3.05) is 5.32 Å². The number of hydroxylamine groups is 1. The third-order valence-electron chi connectivity index (χ3n) is 5.07. The number of hydrogen-bond donors (Lipinski definition) is 3. The molecule has 0 saturated heterocycles. The maximum absolute atomic E-state index is 12.2. The van der Waals surface area contributed by atoms with Crippen LogP contribution in [0.5, 0.6) is 0 Å². The van der Waals surface area contributed by atoms with E-state index in [0.717, 1.165) is 23.4 Å². The SMILES string of the molecule is CC(C)(C)c1ccc(CNc2ccc(C(C(=O)NO)c3ccccc3)cc2)cc1. The minimum absolute atomic E-state index is 0.151. The van der Waals surface area contributed by atoms with Crippen molar-refractivity contribution in [3.63, 3.8) is 0 Å². The fraction of sp³-hybridized carbons (Fsp3) is 0.240. The van der Waals surface area contributed by atoms with E-state index < -0.39 is 11.8 Å². The van der Waals surface area contributed by atoms with Gasteiger partial charge < -0.3 is 5.32 Å². The highest BCUT2D eigenvalue weighted by Crippen LogP contribution is 2.26. The highest BCUT2D eigenvalue weighted by Gasteiger charge is 2.22. The zero-order chi connectivity index (χ0) is 20.9. The van der Waals surface area contributed by atoms with Crippen molar-refractivity contribution < 1.29 is 10.0 Å². The van der Waals surface area contributed by atoms with Gasteiger partial charge >= 0.3 is 0 Å². The van der Waals surface area contributed by atoms with Gasteiger partial charge in [0.1, 0.15) is 0 Å². The van der Waals surface area contributed by atoms with Crippen LogP contribution in [0.2, 0.25) is 0 Å². The molecule has 3 aromatic rings. The van der Waals surface area contributed by atoms with Crippen molar-refractivity contribution in [3.8, 4) is 0 Å². The van der Waals surface area contributed by atoms with Crippen molar-refractivity contribution in [1.82, 2.24) is 5.48 Å². The topological polar surface area (TPSA) is 61.4 Å². The normalized spacial score (nSPS) is 12.3. The summed E-state index contributed by atoms with van der Waals surface area (Å²) in [5, 5.41) is 12.6. The molecular formula is C25H28N2O2. The lowest BCUT2D eigenvalue weighted by Gasteiger charge is -2.19. The molecule has 1 amide bonds. The van der Waals surface area contributed by atoms with E-state index in [4.69, 9.17) is 5.21 Å². The molecule has 29 heavy (non-hydrogen) atoms. The summed E-state index contributed by atoms with van der Waals surface area (Å²) >= 11 is 0. The van der Waals surface area contributed by atoms with E-state index in [-0.39, 0.29) is 5.41 Å². The molecule has 1 unspecified atom stereocenters. The van der Waals surface area contributed by atoms with Gasteiger partial charge in [-0.3, -0.25) is 10.0 Å². The van der Waals surface area contributed by atoms with Crippen LogP contribution in [0.3, 0.4) is 0 Å². The largest absolute Gasteiger partial charge is 0.381 e. The van der Waals surface area contributed by atoms with Gasteiger partial charge in [0.15, 0.2) is 0 Å². The molecule has 0 aromatic heterocycles. The monoisotopic (exact) mass is 388 g/mol. The van der Waals surface area contributed by atoms with Crippen molar-refractivity contribution >= 4 is 11.6 Å². The summed E-state index contributed by atoms with van der Waals surface area (Å²) in [6, 6.07) is 25.8. The molecule has 0 bridgehead atoms.